The van der Waals surface area contributed by atoms with Gasteiger partial charge in [0, 0.05) is 16.9 Å². The van der Waals surface area contributed by atoms with Crippen molar-refractivity contribution in [3.05, 3.63) is 27.7 Å². The van der Waals surface area contributed by atoms with E-state index >= 15 is 0 Å². The number of halogens is 1. The molecular weight excluding hydrogens is 314 g/mol. The van der Waals surface area contributed by atoms with Crippen molar-refractivity contribution in [2.75, 3.05) is 13.2 Å². The monoisotopic (exact) mass is 339 g/mol. The summed E-state index contributed by atoms with van der Waals surface area (Å²) in [5.74, 6) is 1.82. The summed E-state index contributed by atoms with van der Waals surface area (Å²) in [6.45, 7) is 8.75. The summed E-state index contributed by atoms with van der Waals surface area (Å²) in [6, 6.07) is 4.96. The summed E-state index contributed by atoms with van der Waals surface area (Å²) in [7, 11) is 0. The van der Waals surface area contributed by atoms with Crippen LogP contribution >= 0.6 is 15.9 Å². The lowest BCUT2D eigenvalue weighted by molar-refractivity contribution is 0.339. The Hall–Kier alpha value is -0.540. The molecule has 0 saturated carbocycles. The maximum Gasteiger partial charge on any atom is 0.125 e. The molecule has 0 radical (unpaired) electrons. The van der Waals surface area contributed by atoms with Gasteiger partial charge in [0.15, 0.2) is 0 Å². The molecule has 2 nitrogen and oxygen atoms in total. The summed E-state index contributed by atoms with van der Waals surface area (Å²) in [6.07, 6.45) is 4.48. The van der Waals surface area contributed by atoms with Gasteiger partial charge in [-0.2, -0.15) is 0 Å². The van der Waals surface area contributed by atoms with E-state index in [2.05, 4.69) is 54.2 Å². The third-order valence-corrected chi connectivity index (χ3v) is 4.71. The Kier molecular flexibility index (Phi) is 5.91. The van der Waals surface area contributed by atoms with Gasteiger partial charge in [0.2, 0.25) is 0 Å². The van der Waals surface area contributed by atoms with Crippen LogP contribution < -0.4 is 10.1 Å². The molecule has 112 valence electrons. The quantitative estimate of drug-likeness (QED) is 0.797. The normalized spacial score (nSPS) is 16.6. The predicted octanol–water partition coefficient (Wildman–Crippen LogP) is 4.34. The Balaban J connectivity index is 2.17. The predicted molar refractivity (Wildman–Crippen MR) is 88.6 cm³/mol. The van der Waals surface area contributed by atoms with E-state index in [0.717, 1.165) is 31.7 Å². The molecule has 2 atom stereocenters. The van der Waals surface area contributed by atoms with Gasteiger partial charge in [0.05, 0.1) is 6.61 Å². The highest BCUT2D eigenvalue weighted by molar-refractivity contribution is 9.10. The Morgan fingerprint density at radius 2 is 2.15 bits per heavy atom. The highest BCUT2D eigenvalue weighted by Crippen LogP contribution is 2.34. The van der Waals surface area contributed by atoms with E-state index in [9.17, 15) is 0 Å². The first kappa shape index (κ1) is 15.8. The van der Waals surface area contributed by atoms with Gasteiger partial charge in [-0.05, 0) is 48.6 Å². The summed E-state index contributed by atoms with van der Waals surface area (Å²) in [5, 5.41) is 3.71. The van der Waals surface area contributed by atoms with Crippen LogP contribution in [0.4, 0.5) is 0 Å². The van der Waals surface area contributed by atoms with Crippen LogP contribution in [0.15, 0.2) is 16.6 Å². The molecule has 0 aliphatic carbocycles. The maximum atomic E-state index is 5.85. The lowest BCUT2D eigenvalue weighted by Crippen LogP contribution is -2.37. The fraction of sp³-hybridized carbons (Fsp3) is 0.647. The minimum atomic E-state index is 0.530. The second-order valence-corrected chi connectivity index (χ2v) is 6.72. The van der Waals surface area contributed by atoms with Crippen molar-refractivity contribution in [2.24, 2.45) is 5.92 Å². The van der Waals surface area contributed by atoms with Gasteiger partial charge >= 0.3 is 0 Å². The first-order chi connectivity index (χ1) is 9.65. The van der Waals surface area contributed by atoms with Gasteiger partial charge in [0.1, 0.15) is 5.75 Å². The first-order valence-electron chi connectivity index (χ1n) is 7.83. The minimum Gasteiger partial charge on any atom is -0.493 e. The van der Waals surface area contributed by atoms with Gasteiger partial charge in [0.25, 0.3) is 0 Å². The molecule has 2 rings (SSSR count). The molecule has 1 aliphatic rings. The Labute approximate surface area is 131 Å². The Morgan fingerprint density at radius 3 is 2.85 bits per heavy atom. The third-order valence-electron chi connectivity index (χ3n) is 4.25. The SMILES string of the molecule is CCCNC(Cc1cc(Br)cc2c1OCC2)C(C)CC. The first-order valence-corrected chi connectivity index (χ1v) is 8.62. The fourth-order valence-electron chi connectivity index (χ4n) is 2.82. The molecule has 0 spiro atoms. The van der Waals surface area contributed by atoms with E-state index < -0.39 is 0 Å². The topological polar surface area (TPSA) is 21.3 Å². The molecule has 0 saturated heterocycles. The zero-order valence-electron chi connectivity index (χ0n) is 12.8. The van der Waals surface area contributed by atoms with E-state index in [0.29, 0.717) is 12.0 Å². The molecule has 1 aromatic rings. The molecule has 0 amide bonds. The van der Waals surface area contributed by atoms with E-state index in [4.69, 9.17) is 4.74 Å². The average molecular weight is 340 g/mol. The van der Waals surface area contributed by atoms with Crippen LogP contribution in [0.25, 0.3) is 0 Å². The second-order valence-electron chi connectivity index (χ2n) is 5.80. The van der Waals surface area contributed by atoms with Crippen molar-refractivity contribution in [1.29, 1.82) is 0 Å². The summed E-state index contributed by atoms with van der Waals surface area (Å²) in [5.41, 5.74) is 2.70. The molecular formula is C17H26BrNO. The highest BCUT2D eigenvalue weighted by Gasteiger charge is 2.22. The molecule has 1 aliphatic heterocycles. The van der Waals surface area contributed by atoms with Crippen LogP contribution in [-0.4, -0.2) is 19.2 Å². The van der Waals surface area contributed by atoms with Crippen molar-refractivity contribution < 1.29 is 4.74 Å². The van der Waals surface area contributed by atoms with Gasteiger partial charge in [-0.25, -0.2) is 0 Å². The number of ether oxygens (including phenoxy) is 1. The van der Waals surface area contributed by atoms with Crippen LogP contribution in [0.1, 0.15) is 44.7 Å². The van der Waals surface area contributed by atoms with Gasteiger partial charge < -0.3 is 10.1 Å². The second kappa shape index (κ2) is 7.46. The maximum absolute atomic E-state index is 5.85. The molecule has 1 heterocycles. The molecule has 1 N–H and O–H groups in total. The zero-order chi connectivity index (χ0) is 14.5. The Morgan fingerprint density at radius 1 is 1.35 bits per heavy atom. The van der Waals surface area contributed by atoms with Crippen LogP contribution in [0.3, 0.4) is 0 Å². The van der Waals surface area contributed by atoms with E-state index in [1.807, 2.05) is 0 Å². The summed E-state index contributed by atoms with van der Waals surface area (Å²) < 4.78 is 7.03. The number of fused-ring (bicyclic) bond motifs is 1. The van der Waals surface area contributed by atoms with E-state index in [1.165, 1.54) is 28.4 Å². The van der Waals surface area contributed by atoms with Gasteiger partial charge in [-0.15, -0.1) is 0 Å². The van der Waals surface area contributed by atoms with Crippen LogP contribution in [0, 0.1) is 5.92 Å². The lowest BCUT2D eigenvalue weighted by atomic mass is 9.91. The molecule has 2 unspecified atom stereocenters. The number of hydrogen-bond acceptors (Lipinski definition) is 2. The van der Waals surface area contributed by atoms with Crippen molar-refractivity contribution in [2.45, 2.75) is 52.5 Å². The van der Waals surface area contributed by atoms with Crippen molar-refractivity contribution in [1.82, 2.24) is 5.32 Å². The standard InChI is InChI=1S/C17H26BrNO/c1-4-7-19-16(12(3)5-2)11-14-10-15(18)9-13-6-8-20-17(13)14/h9-10,12,16,19H,4-8,11H2,1-3H3. The molecule has 0 aromatic heterocycles. The van der Waals surface area contributed by atoms with E-state index in [1.54, 1.807) is 0 Å². The Bertz CT molecular complexity index is 447. The molecule has 20 heavy (non-hydrogen) atoms. The average Bonchev–Trinajstić information content (AvgIpc) is 2.90. The smallest absolute Gasteiger partial charge is 0.125 e. The molecule has 1 aromatic carbocycles. The van der Waals surface area contributed by atoms with Crippen molar-refractivity contribution in [3.8, 4) is 5.75 Å². The fourth-order valence-corrected chi connectivity index (χ4v) is 3.38. The number of benzene rings is 1. The van der Waals surface area contributed by atoms with Gasteiger partial charge in [-0.1, -0.05) is 43.1 Å². The van der Waals surface area contributed by atoms with Crippen LogP contribution in [0.2, 0.25) is 0 Å². The largest absolute Gasteiger partial charge is 0.493 e. The molecule has 0 fully saturated rings. The third kappa shape index (κ3) is 3.76. The minimum absolute atomic E-state index is 0.530. The van der Waals surface area contributed by atoms with Crippen LogP contribution in [0.5, 0.6) is 5.75 Å². The van der Waals surface area contributed by atoms with Crippen molar-refractivity contribution in [3.63, 3.8) is 0 Å². The summed E-state index contributed by atoms with van der Waals surface area (Å²) in [4.78, 5) is 0. The van der Waals surface area contributed by atoms with Gasteiger partial charge in [-0.3, -0.25) is 0 Å². The number of rotatable bonds is 7. The summed E-state index contributed by atoms with van der Waals surface area (Å²) >= 11 is 3.64. The number of hydrogen-bond donors (Lipinski definition) is 1. The molecule has 3 heteroatoms. The molecule has 0 bridgehead atoms. The van der Waals surface area contributed by atoms with E-state index in [-0.39, 0.29) is 0 Å². The number of nitrogens with one attached hydrogen (secondary N) is 1. The van der Waals surface area contributed by atoms with Crippen molar-refractivity contribution >= 4 is 15.9 Å². The van der Waals surface area contributed by atoms with Crippen LogP contribution in [-0.2, 0) is 12.8 Å². The highest BCUT2D eigenvalue weighted by atomic mass is 79.9. The zero-order valence-corrected chi connectivity index (χ0v) is 14.4. The lowest BCUT2D eigenvalue weighted by Gasteiger charge is -2.25.